The van der Waals surface area contributed by atoms with Crippen molar-refractivity contribution in [3.8, 4) is 16.6 Å². The number of thiazole rings is 1. The molecule has 0 atom stereocenters. The highest BCUT2D eigenvalue weighted by Crippen LogP contribution is 2.35. The molecule has 0 bridgehead atoms. The number of ether oxygens (including phenoxy) is 1. The molecule has 0 N–H and O–H groups in total. The number of hydrogen-bond acceptors (Lipinski definition) is 6. The Labute approximate surface area is 151 Å². The van der Waals surface area contributed by atoms with Crippen LogP contribution in [-0.4, -0.2) is 34.0 Å². The van der Waals surface area contributed by atoms with Crippen LogP contribution < -0.4 is 9.64 Å². The van der Waals surface area contributed by atoms with Gasteiger partial charge >= 0.3 is 0 Å². The maximum Gasteiger partial charge on any atom is 0.233 e. The van der Waals surface area contributed by atoms with Crippen LogP contribution in [0.3, 0.4) is 0 Å². The van der Waals surface area contributed by atoms with E-state index in [9.17, 15) is 13.6 Å². The standard InChI is InChI=1S/C17H12F2N4O2S/c18-10-6-12(19)15-13(7-10)23(4-5-25-15)14(24)8-11-9-26-17(22-11)16-20-2-1-3-21-16/h1-3,6-7,9H,4-5,8H2. The first kappa shape index (κ1) is 16.5. The number of fused-ring (bicyclic) bond motifs is 1. The predicted octanol–water partition coefficient (Wildman–Crippen LogP) is 2.85. The van der Waals surface area contributed by atoms with Crippen molar-refractivity contribution in [1.29, 1.82) is 0 Å². The van der Waals surface area contributed by atoms with Crippen molar-refractivity contribution in [3.05, 3.63) is 53.3 Å². The van der Waals surface area contributed by atoms with Crippen LogP contribution in [0.2, 0.25) is 0 Å². The minimum atomic E-state index is -0.824. The van der Waals surface area contributed by atoms with E-state index in [1.807, 2.05) is 0 Å². The van der Waals surface area contributed by atoms with Gasteiger partial charge in [-0.3, -0.25) is 4.79 Å². The Balaban J connectivity index is 1.56. The third-order valence-electron chi connectivity index (χ3n) is 3.78. The van der Waals surface area contributed by atoms with Gasteiger partial charge in [-0.2, -0.15) is 0 Å². The van der Waals surface area contributed by atoms with Gasteiger partial charge in [-0.1, -0.05) is 0 Å². The summed E-state index contributed by atoms with van der Waals surface area (Å²) in [5, 5.41) is 2.35. The van der Waals surface area contributed by atoms with Crippen molar-refractivity contribution in [2.24, 2.45) is 0 Å². The number of aromatic nitrogens is 3. The summed E-state index contributed by atoms with van der Waals surface area (Å²) in [5.74, 6) is -1.53. The molecule has 1 amide bonds. The summed E-state index contributed by atoms with van der Waals surface area (Å²) in [6.07, 6.45) is 3.23. The molecule has 2 aromatic heterocycles. The van der Waals surface area contributed by atoms with Crippen LogP contribution in [0.4, 0.5) is 14.5 Å². The first-order valence-corrected chi connectivity index (χ1v) is 8.64. The molecule has 0 unspecified atom stereocenters. The molecule has 0 radical (unpaired) electrons. The van der Waals surface area contributed by atoms with Crippen LogP contribution >= 0.6 is 11.3 Å². The molecule has 1 aliphatic heterocycles. The first-order valence-electron chi connectivity index (χ1n) is 7.76. The van der Waals surface area contributed by atoms with Gasteiger partial charge in [0.25, 0.3) is 0 Å². The zero-order valence-electron chi connectivity index (χ0n) is 13.4. The van der Waals surface area contributed by atoms with Gasteiger partial charge in [0, 0.05) is 29.9 Å². The van der Waals surface area contributed by atoms with Gasteiger partial charge in [-0.25, -0.2) is 23.7 Å². The molecule has 6 nitrogen and oxygen atoms in total. The molecule has 3 aromatic rings. The van der Waals surface area contributed by atoms with Crippen LogP contribution in [0.1, 0.15) is 5.69 Å². The lowest BCUT2D eigenvalue weighted by Crippen LogP contribution is -2.39. The van der Waals surface area contributed by atoms with Crippen molar-refractivity contribution >= 4 is 22.9 Å². The molecule has 4 rings (SSSR count). The van der Waals surface area contributed by atoms with Crippen molar-refractivity contribution in [3.63, 3.8) is 0 Å². The summed E-state index contributed by atoms with van der Waals surface area (Å²) in [5.41, 5.74) is 0.646. The van der Waals surface area contributed by atoms with Crippen LogP contribution in [0.15, 0.2) is 36.0 Å². The lowest BCUT2D eigenvalue weighted by molar-refractivity contribution is -0.118. The zero-order valence-corrected chi connectivity index (χ0v) is 14.2. The number of halogens is 2. The van der Waals surface area contributed by atoms with Crippen LogP contribution in [-0.2, 0) is 11.2 Å². The lowest BCUT2D eigenvalue weighted by atomic mass is 10.2. The molecule has 0 saturated carbocycles. The molecule has 26 heavy (non-hydrogen) atoms. The monoisotopic (exact) mass is 374 g/mol. The van der Waals surface area contributed by atoms with E-state index < -0.39 is 11.6 Å². The second-order valence-electron chi connectivity index (χ2n) is 5.52. The number of rotatable bonds is 3. The van der Waals surface area contributed by atoms with E-state index >= 15 is 0 Å². The lowest BCUT2D eigenvalue weighted by Gasteiger charge is -2.29. The fourth-order valence-electron chi connectivity index (χ4n) is 2.66. The number of benzene rings is 1. The average molecular weight is 374 g/mol. The number of amides is 1. The van der Waals surface area contributed by atoms with E-state index in [0.717, 1.165) is 12.1 Å². The Morgan fingerprint density at radius 3 is 2.88 bits per heavy atom. The van der Waals surface area contributed by atoms with Gasteiger partial charge < -0.3 is 9.64 Å². The number of hydrogen-bond donors (Lipinski definition) is 0. The second-order valence-corrected chi connectivity index (χ2v) is 6.38. The maximum absolute atomic E-state index is 13.9. The zero-order chi connectivity index (χ0) is 18.1. The van der Waals surface area contributed by atoms with Gasteiger partial charge in [-0.05, 0) is 6.07 Å². The molecule has 1 aromatic carbocycles. The minimum Gasteiger partial charge on any atom is -0.486 e. The number of nitrogens with zero attached hydrogens (tertiary/aromatic N) is 4. The normalized spacial score (nSPS) is 13.2. The van der Waals surface area contributed by atoms with E-state index in [-0.39, 0.29) is 36.9 Å². The van der Waals surface area contributed by atoms with Crippen LogP contribution in [0, 0.1) is 11.6 Å². The third-order valence-corrected chi connectivity index (χ3v) is 4.67. The third kappa shape index (κ3) is 3.13. The maximum atomic E-state index is 13.9. The van der Waals surface area contributed by atoms with Crippen LogP contribution in [0.25, 0.3) is 10.8 Å². The number of carbonyl (C=O) groups is 1. The Kier molecular flexibility index (Phi) is 4.29. The average Bonchev–Trinajstić information content (AvgIpc) is 3.10. The van der Waals surface area contributed by atoms with Crippen molar-refractivity contribution in [1.82, 2.24) is 15.0 Å². The largest absolute Gasteiger partial charge is 0.486 e. The highest BCUT2D eigenvalue weighted by Gasteiger charge is 2.27. The number of carbonyl (C=O) groups excluding carboxylic acids is 1. The molecule has 0 fully saturated rings. The van der Waals surface area contributed by atoms with Gasteiger partial charge in [0.2, 0.25) is 5.91 Å². The predicted molar refractivity (Wildman–Crippen MR) is 91.1 cm³/mol. The molecular weight excluding hydrogens is 362 g/mol. The Hall–Kier alpha value is -2.94. The Bertz CT molecular complexity index is 965. The molecule has 132 valence electrons. The summed E-state index contributed by atoms with van der Waals surface area (Å²) in [4.78, 5) is 26.6. The van der Waals surface area contributed by atoms with Gasteiger partial charge in [-0.15, -0.1) is 11.3 Å². The Morgan fingerprint density at radius 1 is 1.27 bits per heavy atom. The van der Waals surface area contributed by atoms with Gasteiger partial charge in [0.1, 0.15) is 12.4 Å². The molecule has 1 aliphatic rings. The molecule has 9 heteroatoms. The van der Waals surface area contributed by atoms with E-state index in [1.54, 1.807) is 23.8 Å². The molecular formula is C17H12F2N4O2S. The summed E-state index contributed by atoms with van der Waals surface area (Å²) in [6, 6.07) is 3.54. The summed E-state index contributed by atoms with van der Waals surface area (Å²) >= 11 is 1.33. The summed E-state index contributed by atoms with van der Waals surface area (Å²) < 4.78 is 32.6. The van der Waals surface area contributed by atoms with E-state index in [1.165, 1.54) is 16.2 Å². The Morgan fingerprint density at radius 2 is 2.08 bits per heavy atom. The topological polar surface area (TPSA) is 68.2 Å². The van der Waals surface area contributed by atoms with E-state index in [4.69, 9.17) is 4.74 Å². The summed E-state index contributed by atoms with van der Waals surface area (Å²) in [7, 11) is 0. The van der Waals surface area contributed by atoms with Crippen molar-refractivity contribution in [2.45, 2.75) is 6.42 Å². The van der Waals surface area contributed by atoms with E-state index in [2.05, 4.69) is 15.0 Å². The molecule has 0 saturated heterocycles. The minimum absolute atomic E-state index is 0.000899. The fraction of sp³-hybridized carbons (Fsp3) is 0.176. The quantitative estimate of drug-likeness (QED) is 0.705. The SMILES string of the molecule is O=C(Cc1csc(-c2ncccn2)n1)N1CCOc2c(F)cc(F)cc21. The van der Waals surface area contributed by atoms with Gasteiger partial charge in [0.15, 0.2) is 22.4 Å². The number of anilines is 1. The molecule has 3 heterocycles. The molecule has 0 spiro atoms. The molecule has 0 aliphatic carbocycles. The van der Waals surface area contributed by atoms with Crippen LogP contribution in [0.5, 0.6) is 5.75 Å². The highest BCUT2D eigenvalue weighted by atomic mass is 32.1. The fourth-order valence-corrected chi connectivity index (χ4v) is 3.42. The van der Waals surface area contributed by atoms with Crippen molar-refractivity contribution < 1.29 is 18.3 Å². The van der Waals surface area contributed by atoms with Crippen molar-refractivity contribution in [2.75, 3.05) is 18.1 Å². The summed E-state index contributed by atoms with van der Waals surface area (Å²) in [6.45, 7) is 0.356. The first-order chi connectivity index (χ1) is 12.6. The highest BCUT2D eigenvalue weighted by molar-refractivity contribution is 7.13. The second kappa shape index (κ2) is 6.75. The van der Waals surface area contributed by atoms with Gasteiger partial charge in [0.05, 0.1) is 24.3 Å². The van der Waals surface area contributed by atoms with E-state index in [0.29, 0.717) is 16.5 Å². The smallest absolute Gasteiger partial charge is 0.233 e.